The predicted octanol–water partition coefficient (Wildman–Crippen LogP) is 3.40. The fraction of sp³-hybridized carbons (Fsp3) is 0.938. The van der Waals surface area contributed by atoms with Crippen LogP contribution in [0, 0.1) is 17.2 Å². The predicted molar refractivity (Wildman–Crippen MR) is 76.8 cm³/mol. The molecule has 4 atom stereocenters. The molecule has 2 aliphatic rings. The molecule has 2 rings (SSSR count). The summed E-state index contributed by atoms with van der Waals surface area (Å²) in [5.74, 6) is 0.856. The van der Waals surface area contributed by atoms with Gasteiger partial charge in [-0.05, 0) is 38.1 Å². The molecule has 0 aromatic carbocycles. The lowest BCUT2D eigenvalue weighted by molar-refractivity contribution is -0.0389. The molecule has 2 fully saturated rings. The maximum absolute atomic E-state index is 9.38. The van der Waals surface area contributed by atoms with Crippen molar-refractivity contribution in [3.63, 3.8) is 0 Å². The lowest BCUT2D eigenvalue weighted by Crippen LogP contribution is -2.42. The molecule has 3 nitrogen and oxygen atoms in total. The van der Waals surface area contributed by atoms with Crippen LogP contribution < -0.4 is 5.32 Å². The van der Waals surface area contributed by atoms with Crippen LogP contribution in [0.15, 0.2) is 0 Å². The summed E-state index contributed by atoms with van der Waals surface area (Å²) in [6.45, 7) is 5.22. The molecule has 0 aliphatic heterocycles. The zero-order valence-electron chi connectivity index (χ0n) is 12.5. The van der Waals surface area contributed by atoms with E-state index in [1.807, 2.05) is 0 Å². The highest BCUT2D eigenvalue weighted by Gasteiger charge is 2.40. The van der Waals surface area contributed by atoms with Crippen LogP contribution in [-0.4, -0.2) is 24.3 Å². The molecule has 0 aromatic heterocycles. The second-order valence-electron chi connectivity index (χ2n) is 6.29. The molecule has 2 aliphatic carbocycles. The number of nitrogens with zero attached hydrogens (tertiary/aromatic N) is 1. The highest BCUT2D eigenvalue weighted by molar-refractivity contribution is 5.12. The Morgan fingerprint density at radius 3 is 2.79 bits per heavy atom. The van der Waals surface area contributed by atoms with E-state index in [1.165, 1.54) is 32.1 Å². The summed E-state index contributed by atoms with van der Waals surface area (Å²) in [6, 6.07) is 2.47. The fourth-order valence-corrected chi connectivity index (χ4v) is 3.76. The van der Waals surface area contributed by atoms with E-state index in [1.54, 1.807) is 0 Å². The van der Waals surface area contributed by atoms with Gasteiger partial charge in [-0.25, -0.2) is 0 Å². The summed E-state index contributed by atoms with van der Waals surface area (Å²) >= 11 is 0. The Morgan fingerprint density at radius 2 is 2.11 bits per heavy atom. The average molecular weight is 264 g/mol. The number of ether oxygens (including phenoxy) is 1. The summed E-state index contributed by atoms with van der Waals surface area (Å²) in [7, 11) is 0. The number of nitriles is 1. The Morgan fingerprint density at radius 1 is 1.26 bits per heavy atom. The van der Waals surface area contributed by atoms with Gasteiger partial charge in [-0.2, -0.15) is 5.26 Å². The molecule has 0 amide bonds. The van der Waals surface area contributed by atoms with Crippen LogP contribution in [0.1, 0.15) is 65.2 Å². The van der Waals surface area contributed by atoms with Crippen molar-refractivity contribution < 1.29 is 4.74 Å². The van der Waals surface area contributed by atoms with Crippen molar-refractivity contribution in [3.05, 3.63) is 0 Å². The molecular weight excluding hydrogens is 236 g/mol. The van der Waals surface area contributed by atoms with E-state index in [0.29, 0.717) is 12.2 Å². The first kappa shape index (κ1) is 14.8. The number of nitrogens with one attached hydrogen (secondary N) is 1. The quantitative estimate of drug-likeness (QED) is 0.827. The van der Waals surface area contributed by atoms with E-state index in [0.717, 1.165) is 31.7 Å². The zero-order chi connectivity index (χ0) is 13.7. The monoisotopic (exact) mass is 264 g/mol. The second kappa shape index (κ2) is 6.72. The first-order chi connectivity index (χ1) is 9.21. The molecule has 108 valence electrons. The van der Waals surface area contributed by atoms with Gasteiger partial charge in [-0.15, -0.1) is 0 Å². The molecule has 4 unspecified atom stereocenters. The minimum Gasteiger partial charge on any atom is -0.375 e. The van der Waals surface area contributed by atoms with Crippen molar-refractivity contribution in [3.8, 4) is 6.07 Å². The molecule has 0 radical (unpaired) electrons. The molecule has 0 bridgehead atoms. The van der Waals surface area contributed by atoms with Crippen LogP contribution in [0.25, 0.3) is 0 Å². The zero-order valence-corrected chi connectivity index (χ0v) is 12.5. The van der Waals surface area contributed by atoms with E-state index < -0.39 is 0 Å². The van der Waals surface area contributed by atoms with E-state index >= 15 is 0 Å². The van der Waals surface area contributed by atoms with Gasteiger partial charge in [0, 0.05) is 6.42 Å². The van der Waals surface area contributed by atoms with Crippen molar-refractivity contribution in [1.29, 1.82) is 5.26 Å². The summed E-state index contributed by atoms with van der Waals surface area (Å²) in [5, 5.41) is 12.7. The highest BCUT2D eigenvalue weighted by atomic mass is 16.5. The molecule has 3 heteroatoms. The van der Waals surface area contributed by atoms with Gasteiger partial charge in [0.15, 0.2) is 0 Å². The van der Waals surface area contributed by atoms with Crippen LogP contribution in [0.5, 0.6) is 0 Å². The lowest BCUT2D eigenvalue weighted by atomic mass is 9.85. The van der Waals surface area contributed by atoms with Gasteiger partial charge < -0.3 is 4.74 Å². The number of hydrogen-bond acceptors (Lipinski definition) is 3. The largest absolute Gasteiger partial charge is 0.375 e. The van der Waals surface area contributed by atoms with E-state index in [4.69, 9.17) is 4.74 Å². The van der Waals surface area contributed by atoms with Gasteiger partial charge in [0.25, 0.3) is 0 Å². The molecular formula is C16H28N2O. The Kier molecular flexibility index (Phi) is 5.24. The van der Waals surface area contributed by atoms with Crippen molar-refractivity contribution in [2.24, 2.45) is 5.92 Å². The SMILES string of the molecule is CCNC1(C#N)CCC(OC2CCCC(CC)C2)C1. The van der Waals surface area contributed by atoms with Crippen molar-refractivity contribution in [1.82, 2.24) is 5.32 Å². The maximum atomic E-state index is 9.38. The summed E-state index contributed by atoms with van der Waals surface area (Å²) in [5.41, 5.74) is -0.321. The molecule has 0 spiro atoms. The summed E-state index contributed by atoms with van der Waals surface area (Å²) in [4.78, 5) is 0. The van der Waals surface area contributed by atoms with Crippen LogP contribution in [0.2, 0.25) is 0 Å². The standard InChI is InChI=1S/C16H28N2O/c1-3-13-6-5-7-14(10-13)19-15-8-9-16(11-15,12-17)18-4-2/h13-15,18H,3-11H2,1-2H3. The molecule has 1 N–H and O–H groups in total. The minimum atomic E-state index is -0.321. The van der Waals surface area contributed by atoms with Crippen LogP contribution in [0.4, 0.5) is 0 Å². The van der Waals surface area contributed by atoms with Gasteiger partial charge in [-0.3, -0.25) is 5.32 Å². The van der Waals surface area contributed by atoms with Gasteiger partial charge in [0.1, 0.15) is 5.54 Å². The molecule has 2 saturated carbocycles. The third-order valence-electron chi connectivity index (χ3n) is 4.90. The first-order valence-electron chi connectivity index (χ1n) is 8.03. The van der Waals surface area contributed by atoms with Gasteiger partial charge in [0.2, 0.25) is 0 Å². The normalized spacial score (nSPS) is 39.1. The van der Waals surface area contributed by atoms with Gasteiger partial charge in [0.05, 0.1) is 18.3 Å². The minimum absolute atomic E-state index is 0.291. The molecule has 0 saturated heterocycles. The smallest absolute Gasteiger partial charge is 0.109 e. The molecule has 0 aromatic rings. The highest BCUT2D eigenvalue weighted by Crippen LogP contribution is 2.35. The third-order valence-corrected chi connectivity index (χ3v) is 4.90. The Bertz CT molecular complexity index is 325. The fourth-order valence-electron chi connectivity index (χ4n) is 3.76. The topological polar surface area (TPSA) is 45.0 Å². The Hall–Kier alpha value is -0.590. The maximum Gasteiger partial charge on any atom is 0.109 e. The average Bonchev–Trinajstić information content (AvgIpc) is 2.83. The van der Waals surface area contributed by atoms with Crippen LogP contribution >= 0.6 is 0 Å². The van der Waals surface area contributed by atoms with E-state index in [9.17, 15) is 5.26 Å². The Balaban J connectivity index is 1.83. The first-order valence-corrected chi connectivity index (χ1v) is 8.03. The second-order valence-corrected chi connectivity index (χ2v) is 6.29. The van der Waals surface area contributed by atoms with Crippen LogP contribution in [0.3, 0.4) is 0 Å². The van der Waals surface area contributed by atoms with Crippen LogP contribution in [-0.2, 0) is 4.74 Å². The van der Waals surface area contributed by atoms with E-state index in [-0.39, 0.29) is 5.54 Å². The number of rotatable bonds is 5. The van der Waals surface area contributed by atoms with Crippen molar-refractivity contribution >= 4 is 0 Å². The van der Waals surface area contributed by atoms with Gasteiger partial charge >= 0.3 is 0 Å². The Labute approximate surface area is 117 Å². The van der Waals surface area contributed by atoms with Crippen molar-refractivity contribution in [2.75, 3.05) is 6.54 Å². The third kappa shape index (κ3) is 3.70. The van der Waals surface area contributed by atoms with Gasteiger partial charge in [-0.1, -0.05) is 33.1 Å². The van der Waals surface area contributed by atoms with Crippen molar-refractivity contribution in [2.45, 2.75) is 83.0 Å². The molecule has 19 heavy (non-hydrogen) atoms. The lowest BCUT2D eigenvalue weighted by Gasteiger charge is -2.31. The van der Waals surface area contributed by atoms with E-state index in [2.05, 4.69) is 25.2 Å². The summed E-state index contributed by atoms with van der Waals surface area (Å²) < 4.78 is 6.30. The number of hydrogen-bond donors (Lipinski definition) is 1. The molecule has 0 heterocycles. The summed E-state index contributed by atoms with van der Waals surface area (Å²) in [6.07, 6.45) is 9.99.